The summed E-state index contributed by atoms with van der Waals surface area (Å²) in [6.45, 7) is 21.9. The van der Waals surface area contributed by atoms with Crippen molar-refractivity contribution in [1.82, 2.24) is 0 Å². The molecule has 58 heavy (non-hydrogen) atoms. The van der Waals surface area contributed by atoms with Crippen molar-refractivity contribution in [3.8, 4) is 22.3 Å². The van der Waals surface area contributed by atoms with Gasteiger partial charge in [-0.2, -0.15) is 0 Å². The van der Waals surface area contributed by atoms with E-state index in [4.69, 9.17) is 0 Å². The molecule has 3 aliphatic carbocycles. The highest BCUT2D eigenvalue weighted by molar-refractivity contribution is 5.84. The van der Waals surface area contributed by atoms with E-state index in [9.17, 15) is 0 Å². The van der Waals surface area contributed by atoms with Gasteiger partial charge in [-0.1, -0.05) is 156 Å². The standard InChI is InChI=1S/C56H54N2/c1-9-12-19-39(4)57(48-34-35-51-50-23-14-16-25-53(50)56(7,8)54(51)38-48)45-30-26-40(27-31-45)41-28-32-46(33-29-41)58(44(11-3)18-10-2)47-21-17-20-42-36-43(37-47)55(5,6)52-24-15-13-22-49(42)52/h9-16,18-35,37-38H,2-3,17,36H2,1,4-8H3/b12-9-,39-19+,42-20+,43-37+,44-18+,47-21+. The summed E-state index contributed by atoms with van der Waals surface area (Å²) in [5, 5.41) is 0. The van der Waals surface area contributed by atoms with Crippen molar-refractivity contribution in [2.24, 2.45) is 0 Å². The van der Waals surface area contributed by atoms with E-state index in [0.29, 0.717) is 0 Å². The SMILES string of the molecule is C=C/C=C(\C=C)N(C1=C/C/C=C2\C/C(=C\1)C(C)(C)c1ccccc12)c1ccc(-c2ccc(N(/C(C)=C/C=C\C)c3ccc4c(c3)C(C)(C)c3ccccc3-4)cc2)cc1. The second-order valence-corrected chi connectivity index (χ2v) is 16.6. The zero-order chi connectivity index (χ0) is 40.6. The molecule has 8 rings (SSSR count). The summed E-state index contributed by atoms with van der Waals surface area (Å²) in [4.78, 5) is 4.69. The van der Waals surface area contributed by atoms with Crippen LogP contribution in [0.5, 0.6) is 0 Å². The Balaban J connectivity index is 1.12. The molecule has 0 saturated heterocycles. The zero-order valence-electron chi connectivity index (χ0n) is 34.9. The first-order valence-corrected chi connectivity index (χ1v) is 20.6. The number of rotatable bonds is 10. The smallest absolute Gasteiger partial charge is 0.0461 e. The number of hydrogen-bond donors (Lipinski definition) is 0. The van der Waals surface area contributed by atoms with Gasteiger partial charge in [-0.05, 0) is 137 Å². The lowest BCUT2D eigenvalue weighted by molar-refractivity contribution is 0.596. The van der Waals surface area contributed by atoms with Crippen molar-refractivity contribution in [3.05, 3.63) is 228 Å². The predicted molar refractivity (Wildman–Crippen MR) is 250 cm³/mol. The molecule has 0 unspecified atom stereocenters. The van der Waals surface area contributed by atoms with Crippen LogP contribution in [0.25, 0.3) is 27.8 Å². The van der Waals surface area contributed by atoms with Crippen molar-refractivity contribution < 1.29 is 0 Å². The van der Waals surface area contributed by atoms with E-state index >= 15 is 0 Å². The van der Waals surface area contributed by atoms with Crippen LogP contribution >= 0.6 is 0 Å². The van der Waals surface area contributed by atoms with Crippen molar-refractivity contribution in [3.63, 3.8) is 0 Å². The molecule has 0 N–H and O–H groups in total. The largest absolute Gasteiger partial charge is 0.315 e. The van der Waals surface area contributed by atoms with Gasteiger partial charge in [0.1, 0.15) is 0 Å². The van der Waals surface area contributed by atoms with Crippen LogP contribution in [0.15, 0.2) is 206 Å². The van der Waals surface area contributed by atoms with Crippen LogP contribution in [0.2, 0.25) is 0 Å². The Kier molecular flexibility index (Phi) is 10.3. The Labute approximate surface area is 346 Å². The minimum atomic E-state index is -0.0951. The fourth-order valence-corrected chi connectivity index (χ4v) is 9.24. The summed E-state index contributed by atoms with van der Waals surface area (Å²) in [7, 11) is 0. The van der Waals surface area contributed by atoms with Crippen LogP contribution in [0.3, 0.4) is 0 Å². The third-order valence-electron chi connectivity index (χ3n) is 12.4. The lowest BCUT2D eigenvalue weighted by Crippen LogP contribution is -2.28. The number of fused-ring (bicyclic) bond motifs is 7. The van der Waals surface area contributed by atoms with Crippen LogP contribution in [-0.2, 0) is 10.8 Å². The highest BCUT2D eigenvalue weighted by atomic mass is 15.2. The molecule has 0 radical (unpaired) electrons. The molecule has 0 fully saturated rings. The molecule has 5 aromatic rings. The highest BCUT2D eigenvalue weighted by Gasteiger charge is 2.36. The number of anilines is 3. The van der Waals surface area contributed by atoms with Crippen molar-refractivity contribution >= 4 is 22.6 Å². The van der Waals surface area contributed by atoms with Gasteiger partial charge in [0.25, 0.3) is 0 Å². The van der Waals surface area contributed by atoms with E-state index in [0.717, 1.165) is 52.6 Å². The van der Waals surface area contributed by atoms with Gasteiger partial charge in [-0.15, -0.1) is 0 Å². The monoisotopic (exact) mass is 754 g/mol. The van der Waals surface area contributed by atoms with Gasteiger partial charge in [-0.3, -0.25) is 0 Å². The van der Waals surface area contributed by atoms with Gasteiger partial charge in [0.15, 0.2) is 0 Å². The highest BCUT2D eigenvalue weighted by Crippen LogP contribution is 2.51. The third-order valence-corrected chi connectivity index (χ3v) is 12.4. The minimum Gasteiger partial charge on any atom is -0.315 e. The van der Waals surface area contributed by atoms with Crippen LogP contribution < -0.4 is 9.80 Å². The van der Waals surface area contributed by atoms with E-state index in [1.54, 1.807) is 0 Å². The second kappa shape index (κ2) is 15.5. The van der Waals surface area contributed by atoms with Crippen molar-refractivity contribution in [1.29, 1.82) is 0 Å². The summed E-state index contributed by atoms with van der Waals surface area (Å²) < 4.78 is 0. The number of benzene rings is 5. The molecule has 2 heteroatoms. The third kappa shape index (κ3) is 6.77. The molecule has 2 bridgehead atoms. The first-order chi connectivity index (χ1) is 28.1. The van der Waals surface area contributed by atoms with E-state index in [1.165, 1.54) is 50.1 Å². The van der Waals surface area contributed by atoms with E-state index in [-0.39, 0.29) is 10.8 Å². The van der Waals surface area contributed by atoms with Crippen LogP contribution in [0, 0.1) is 0 Å². The molecule has 2 nitrogen and oxygen atoms in total. The Morgan fingerprint density at radius 1 is 0.621 bits per heavy atom. The van der Waals surface area contributed by atoms with Gasteiger partial charge in [0.05, 0.1) is 0 Å². The maximum absolute atomic E-state index is 4.23. The van der Waals surface area contributed by atoms with Gasteiger partial charge in [0.2, 0.25) is 0 Å². The average molecular weight is 755 g/mol. The molecule has 0 saturated carbocycles. The molecule has 0 aromatic heterocycles. The molecule has 3 aliphatic rings. The lowest BCUT2D eigenvalue weighted by atomic mass is 9.67. The number of nitrogens with zero attached hydrogens (tertiary/aromatic N) is 2. The van der Waals surface area contributed by atoms with E-state index < -0.39 is 0 Å². The summed E-state index contributed by atoms with van der Waals surface area (Å²) in [6, 6.07) is 42.6. The topological polar surface area (TPSA) is 6.48 Å². The molecule has 0 heterocycles. The second-order valence-electron chi connectivity index (χ2n) is 16.6. The fourth-order valence-electron chi connectivity index (χ4n) is 9.24. The Hall–Kier alpha value is -6.38. The molecular formula is C56H54N2. The van der Waals surface area contributed by atoms with Gasteiger partial charge in [0, 0.05) is 45.0 Å². The summed E-state index contributed by atoms with van der Waals surface area (Å²) >= 11 is 0. The summed E-state index contributed by atoms with van der Waals surface area (Å²) in [6.07, 6.45) is 21.1. The predicted octanol–water partition coefficient (Wildman–Crippen LogP) is 15.3. The molecule has 5 aromatic carbocycles. The van der Waals surface area contributed by atoms with Gasteiger partial charge >= 0.3 is 0 Å². The number of hydrogen-bond acceptors (Lipinski definition) is 2. The summed E-state index contributed by atoms with van der Waals surface area (Å²) in [5.74, 6) is 0. The first kappa shape index (κ1) is 38.5. The normalized spacial score (nSPS) is 19.2. The molecule has 0 atom stereocenters. The van der Waals surface area contributed by atoms with Crippen LogP contribution in [0.4, 0.5) is 17.1 Å². The number of allylic oxidation sites excluding steroid dienone is 12. The minimum absolute atomic E-state index is 0.0732. The van der Waals surface area contributed by atoms with Gasteiger partial charge in [-0.25, -0.2) is 0 Å². The van der Waals surface area contributed by atoms with Crippen molar-refractivity contribution in [2.75, 3.05) is 9.80 Å². The maximum Gasteiger partial charge on any atom is 0.0461 e. The van der Waals surface area contributed by atoms with E-state index in [2.05, 4.69) is 216 Å². The van der Waals surface area contributed by atoms with E-state index in [1.807, 2.05) is 18.2 Å². The molecular weight excluding hydrogens is 701 g/mol. The molecule has 0 amide bonds. The summed E-state index contributed by atoms with van der Waals surface area (Å²) in [5.41, 5.74) is 19.8. The maximum atomic E-state index is 4.23. The quantitative estimate of drug-likeness (QED) is 0.131. The Morgan fingerprint density at radius 3 is 1.84 bits per heavy atom. The molecule has 0 spiro atoms. The van der Waals surface area contributed by atoms with Gasteiger partial charge < -0.3 is 9.80 Å². The van der Waals surface area contributed by atoms with Crippen molar-refractivity contribution in [2.45, 2.75) is 65.2 Å². The Bertz CT molecular complexity index is 2600. The first-order valence-electron chi connectivity index (χ1n) is 20.6. The zero-order valence-corrected chi connectivity index (χ0v) is 34.9. The molecule has 0 aliphatic heterocycles. The Morgan fingerprint density at radius 2 is 1.21 bits per heavy atom. The fraction of sp³-hybridized carbons (Fsp3) is 0.179. The van der Waals surface area contributed by atoms with Crippen LogP contribution in [-0.4, -0.2) is 0 Å². The van der Waals surface area contributed by atoms with Crippen LogP contribution in [0.1, 0.15) is 76.6 Å². The molecule has 288 valence electrons. The lowest BCUT2D eigenvalue weighted by Gasteiger charge is -2.39. The average Bonchev–Trinajstić information content (AvgIpc) is 3.46.